The molecule has 4 saturated carbocycles. The topological polar surface area (TPSA) is 58.9 Å². The molecule has 1 aliphatic heterocycles. The van der Waals surface area contributed by atoms with Gasteiger partial charge in [-0.05, 0) is 79.6 Å². The van der Waals surface area contributed by atoms with Gasteiger partial charge in [-0.15, -0.1) is 0 Å². The Balaban J connectivity index is 1.45. The lowest BCUT2D eigenvalue weighted by molar-refractivity contribution is -0.156. The minimum atomic E-state index is -0.273. The molecular weight excluding hydrogens is 338 g/mol. The van der Waals surface area contributed by atoms with Crippen molar-refractivity contribution in [2.75, 3.05) is 13.2 Å². The first-order valence-corrected chi connectivity index (χ1v) is 11.0. The molecule has 7 atom stereocenters. The van der Waals surface area contributed by atoms with Gasteiger partial charge in [0.05, 0.1) is 12.6 Å². The maximum Gasteiger partial charge on any atom is 0.208 e. The van der Waals surface area contributed by atoms with E-state index in [1.54, 1.807) is 0 Å². The number of hydrogen-bond acceptors (Lipinski definition) is 4. The summed E-state index contributed by atoms with van der Waals surface area (Å²) in [5.74, 6) is 3.11. The van der Waals surface area contributed by atoms with Gasteiger partial charge >= 0.3 is 0 Å². The summed E-state index contributed by atoms with van der Waals surface area (Å²) in [4.78, 5) is 17.6. The fourth-order valence-corrected chi connectivity index (χ4v) is 7.69. The molecule has 5 rings (SSSR count). The molecule has 0 aromatic heterocycles. The monoisotopic (exact) mass is 371 g/mol. The molecule has 5 aliphatic rings. The third-order valence-electron chi connectivity index (χ3n) is 9.18. The van der Waals surface area contributed by atoms with Gasteiger partial charge < -0.3 is 9.84 Å². The molecule has 27 heavy (non-hydrogen) atoms. The summed E-state index contributed by atoms with van der Waals surface area (Å²) in [6.45, 7) is 6.30. The highest BCUT2D eigenvalue weighted by Gasteiger charge is 2.61. The zero-order chi connectivity index (χ0) is 18.8. The third-order valence-corrected chi connectivity index (χ3v) is 9.18. The lowest BCUT2D eigenvalue weighted by Gasteiger charge is -2.59. The molecule has 0 bridgehead atoms. The van der Waals surface area contributed by atoms with Crippen molar-refractivity contribution in [1.82, 2.24) is 0 Å². The molecule has 0 unspecified atom stereocenters. The van der Waals surface area contributed by atoms with Crippen LogP contribution in [0, 0.1) is 34.5 Å². The second kappa shape index (κ2) is 6.17. The van der Waals surface area contributed by atoms with Gasteiger partial charge in [-0.25, -0.2) is 4.99 Å². The first-order valence-electron chi connectivity index (χ1n) is 11.0. The summed E-state index contributed by atoms with van der Waals surface area (Å²) in [5.41, 5.74) is 1.81. The molecule has 4 aliphatic carbocycles. The molecule has 4 heteroatoms. The molecule has 0 saturated heterocycles. The fourth-order valence-electron chi connectivity index (χ4n) is 7.69. The van der Waals surface area contributed by atoms with Crippen molar-refractivity contribution in [3.05, 3.63) is 11.6 Å². The highest BCUT2D eigenvalue weighted by Crippen LogP contribution is 2.66. The molecule has 0 spiro atoms. The quantitative estimate of drug-likeness (QED) is 0.760. The summed E-state index contributed by atoms with van der Waals surface area (Å²) in [7, 11) is 0. The van der Waals surface area contributed by atoms with Crippen molar-refractivity contribution in [2.45, 2.75) is 71.3 Å². The largest absolute Gasteiger partial charge is 0.476 e. The van der Waals surface area contributed by atoms with Crippen LogP contribution < -0.4 is 0 Å². The van der Waals surface area contributed by atoms with Crippen molar-refractivity contribution >= 4 is 11.7 Å². The van der Waals surface area contributed by atoms with Gasteiger partial charge in [0.15, 0.2) is 0 Å². The molecule has 0 amide bonds. The Morgan fingerprint density at radius 3 is 2.81 bits per heavy atom. The Labute approximate surface area is 162 Å². The average Bonchev–Trinajstić information content (AvgIpc) is 3.25. The lowest BCUT2D eigenvalue weighted by atomic mass is 9.44. The molecule has 4 nitrogen and oxygen atoms in total. The van der Waals surface area contributed by atoms with E-state index in [4.69, 9.17) is 4.74 Å². The lowest BCUT2D eigenvalue weighted by Crippen LogP contribution is -2.56. The van der Waals surface area contributed by atoms with Gasteiger partial charge in [0, 0.05) is 12.3 Å². The summed E-state index contributed by atoms with van der Waals surface area (Å²) >= 11 is 0. The number of hydrogen-bond donors (Lipinski definition) is 1. The highest BCUT2D eigenvalue weighted by atomic mass is 16.5. The smallest absolute Gasteiger partial charge is 0.208 e. The van der Waals surface area contributed by atoms with E-state index in [-0.39, 0.29) is 22.9 Å². The third kappa shape index (κ3) is 2.58. The molecule has 0 aromatic carbocycles. The number of ether oxygens (including phenoxy) is 1. The zero-order valence-corrected chi connectivity index (χ0v) is 16.7. The Kier molecular flexibility index (Phi) is 4.09. The molecular formula is C23H33NO3. The van der Waals surface area contributed by atoms with Crippen LogP contribution in [-0.2, 0) is 9.53 Å². The van der Waals surface area contributed by atoms with E-state index in [0.29, 0.717) is 36.6 Å². The average molecular weight is 372 g/mol. The number of carbonyl (C=O) groups is 1. The van der Waals surface area contributed by atoms with Crippen LogP contribution >= 0.6 is 0 Å². The Hall–Kier alpha value is -1.16. The number of aliphatic hydroxyl groups is 1. The van der Waals surface area contributed by atoms with Crippen LogP contribution in [0.2, 0.25) is 0 Å². The second-order valence-electron chi connectivity index (χ2n) is 10.3. The summed E-state index contributed by atoms with van der Waals surface area (Å²) < 4.78 is 5.66. The number of rotatable bonds is 1. The van der Waals surface area contributed by atoms with E-state index in [0.717, 1.165) is 38.1 Å². The van der Waals surface area contributed by atoms with Gasteiger partial charge in [-0.1, -0.05) is 19.4 Å². The van der Waals surface area contributed by atoms with Gasteiger partial charge in [0.25, 0.3) is 0 Å². The first-order chi connectivity index (χ1) is 12.9. The fraction of sp³-hybridized carbons (Fsp3) is 0.826. The summed E-state index contributed by atoms with van der Waals surface area (Å²) in [5, 5.41) is 10.2. The Bertz CT molecular complexity index is 712. The maximum absolute atomic E-state index is 13.1. The standard InChI is InChI=1S/C23H33NO3/c1-22-8-6-18-16(13-20(26)19-12-15(25)5-7-23(18,19)2)17(22)4-3-14(22)11-21-24-9-10-27-21/h11,15-19,25H,3-10,12-13H2,1-2H3/b14-11+/t15-,16-,17-,18-,19+,22+,23+/m0/s1. The van der Waals surface area contributed by atoms with Gasteiger partial charge in [0.2, 0.25) is 5.90 Å². The van der Waals surface area contributed by atoms with E-state index >= 15 is 0 Å². The number of fused-ring (bicyclic) bond motifs is 5. The van der Waals surface area contributed by atoms with Crippen molar-refractivity contribution in [3.63, 3.8) is 0 Å². The van der Waals surface area contributed by atoms with Crippen molar-refractivity contribution in [2.24, 2.45) is 39.5 Å². The van der Waals surface area contributed by atoms with E-state index in [1.807, 2.05) is 0 Å². The molecule has 1 N–H and O–H groups in total. The number of aliphatic hydroxyl groups excluding tert-OH is 1. The minimum absolute atomic E-state index is 0.0875. The van der Waals surface area contributed by atoms with Gasteiger partial charge in [-0.3, -0.25) is 4.79 Å². The zero-order valence-electron chi connectivity index (χ0n) is 16.7. The summed E-state index contributed by atoms with van der Waals surface area (Å²) in [6.07, 6.45) is 10.0. The Morgan fingerprint density at radius 1 is 1.19 bits per heavy atom. The number of nitrogens with zero attached hydrogens (tertiary/aromatic N) is 1. The summed E-state index contributed by atoms with van der Waals surface area (Å²) in [6, 6.07) is 0. The van der Waals surface area contributed by atoms with Crippen molar-refractivity contribution in [3.8, 4) is 0 Å². The van der Waals surface area contributed by atoms with Crippen molar-refractivity contribution < 1.29 is 14.6 Å². The Morgan fingerprint density at radius 2 is 2.04 bits per heavy atom. The highest BCUT2D eigenvalue weighted by molar-refractivity contribution is 5.89. The van der Waals surface area contributed by atoms with E-state index in [1.165, 1.54) is 24.8 Å². The predicted octanol–water partition coefficient (Wildman–Crippen LogP) is 3.92. The normalized spacial score (nSPS) is 50.6. The van der Waals surface area contributed by atoms with Crippen LogP contribution in [-0.4, -0.2) is 36.0 Å². The van der Waals surface area contributed by atoms with Crippen LogP contribution in [0.1, 0.15) is 65.2 Å². The second-order valence-corrected chi connectivity index (χ2v) is 10.3. The van der Waals surface area contributed by atoms with Gasteiger partial charge in [0.1, 0.15) is 12.4 Å². The van der Waals surface area contributed by atoms with E-state index in [9.17, 15) is 9.90 Å². The number of ketones is 1. The van der Waals surface area contributed by atoms with Gasteiger partial charge in [-0.2, -0.15) is 0 Å². The number of Topliss-reactive ketones (excluding diaryl/α,β-unsaturated/α-hetero) is 1. The molecule has 1 heterocycles. The molecule has 0 aromatic rings. The SMILES string of the molecule is C[C@]12CC[C@H](O)C[C@@H]1C(=O)C[C@@H]1[C@@H]2CC[C@]2(C)/C(=C/C3=NCCO3)CC[C@@H]12. The molecule has 4 fully saturated rings. The van der Waals surface area contributed by atoms with Crippen LogP contribution in [0.4, 0.5) is 0 Å². The predicted molar refractivity (Wildman–Crippen MR) is 104 cm³/mol. The van der Waals surface area contributed by atoms with E-state index in [2.05, 4.69) is 24.9 Å². The number of aliphatic imine (C=N–C) groups is 1. The van der Waals surface area contributed by atoms with Crippen LogP contribution in [0.5, 0.6) is 0 Å². The van der Waals surface area contributed by atoms with Crippen molar-refractivity contribution in [1.29, 1.82) is 0 Å². The first kappa shape index (κ1) is 17.9. The van der Waals surface area contributed by atoms with Crippen LogP contribution in [0.15, 0.2) is 16.6 Å². The number of carbonyl (C=O) groups excluding carboxylic acids is 1. The van der Waals surface area contributed by atoms with Crippen LogP contribution in [0.3, 0.4) is 0 Å². The number of allylic oxidation sites excluding steroid dienone is 1. The minimum Gasteiger partial charge on any atom is -0.476 e. The van der Waals surface area contributed by atoms with Crippen LogP contribution in [0.25, 0.3) is 0 Å². The molecule has 148 valence electrons. The molecule has 0 radical (unpaired) electrons. The van der Waals surface area contributed by atoms with E-state index < -0.39 is 0 Å². The maximum atomic E-state index is 13.1.